The molecule has 0 saturated carbocycles. The minimum atomic E-state index is -0.112. The van der Waals surface area contributed by atoms with Gasteiger partial charge in [-0.25, -0.2) is 0 Å². The summed E-state index contributed by atoms with van der Waals surface area (Å²) < 4.78 is 0.0570. The number of hydrogen-bond donors (Lipinski definition) is 1. The first-order chi connectivity index (χ1) is 5.38. The van der Waals surface area contributed by atoms with Crippen molar-refractivity contribution in [3.8, 4) is 0 Å². The first-order valence-electron chi connectivity index (χ1n) is 3.97. The van der Waals surface area contributed by atoms with Gasteiger partial charge < -0.3 is 5.32 Å². The van der Waals surface area contributed by atoms with Crippen LogP contribution in [0.4, 0.5) is 0 Å². The summed E-state index contributed by atoms with van der Waals surface area (Å²) in [6, 6.07) is 0. The average Bonchev–Trinajstić information content (AvgIpc) is 1.97. The third-order valence-corrected chi connectivity index (χ3v) is 2.72. The van der Waals surface area contributed by atoms with E-state index in [2.05, 4.69) is 48.6 Å². The highest BCUT2D eigenvalue weighted by Crippen LogP contribution is 2.25. The van der Waals surface area contributed by atoms with E-state index in [1.165, 1.54) is 6.08 Å². The molecule has 0 spiro atoms. The molecule has 0 aromatic rings. The van der Waals surface area contributed by atoms with Crippen LogP contribution in [0, 0.1) is 5.92 Å². The van der Waals surface area contributed by atoms with Crippen LogP contribution < -0.4 is 5.32 Å². The summed E-state index contributed by atoms with van der Waals surface area (Å²) >= 11 is 3.54. The monoisotopic (exact) mass is 233 g/mol. The fourth-order valence-corrected chi connectivity index (χ4v) is 0.730. The Bertz CT molecular complexity index is 172. The third-order valence-electron chi connectivity index (χ3n) is 1.94. The number of halogens is 1. The van der Waals surface area contributed by atoms with E-state index in [0.717, 1.165) is 0 Å². The lowest BCUT2D eigenvalue weighted by molar-refractivity contribution is -0.116. The highest BCUT2D eigenvalue weighted by molar-refractivity contribution is 9.10. The quantitative estimate of drug-likeness (QED) is 0.585. The van der Waals surface area contributed by atoms with Crippen LogP contribution in [0.3, 0.4) is 0 Å². The predicted octanol–water partition coefficient (Wildman–Crippen LogP) is 2.10. The first kappa shape index (κ1) is 11.7. The van der Waals surface area contributed by atoms with Crippen LogP contribution in [-0.4, -0.2) is 16.8 Å². The standard InChI is InChI=1S/C9H16BrNO/c1-5-8(12)11-6-7(2)9(3,4)10/h5,7H,1,6H2,2-4H3,(H,11,12). The average molecular weight is 234 g/mol. The summed E-state index contributed by atoms with van der Waals surface area (Å²) in [6.07, 6.45) is 1.29. The maximum atomic E-state index is 10.8. The first-order valence-corrected chi connectivity index (χ1v) is 4.76. The zero-order valence-corrected chi connectivity index (χ0v) is 9.44. The van der Waals surface area contributed by atoms with Gasteiger partial charge in [0.15, 0.2) is 0 Å². The van der Waals surface area contributed by atoms with E-state index >= 15 is 0 Å². The predicted molar refractivity (Wildman–Crippen MR) is 55.4 cm³/mol. The summed E-state index contributed by atoms with van der Waals surface area (Å²) in [6.45, 7) is 10.3. The Balaban J connectivity index is 3.79. The smallest absolute Gasteiger partial charge is 0.243 e. The van der Waals surface area contributed by atoms with Gasteiger partial charge in [-0.15, -0.1) is 0 Å². The molecule has 0 saturated heterocycles. The second-order valence-corrected chi connectivity index (χ2v) is 5.46. The molecule has 0 aliphatic heterocycles. The van der Waals surface area contributed by atoms with E-state index in [1.54, 1.807) is 0 Å². The Kier molecular flexibility index (Phi) is 4.53. The molecule has 0 aromatic carbocycles. The van der Waals surface area contributed by atoms with Crippen LogP contribution in [-0.2, 0) is 4.79 Å². The largest absolute Gasteiger partial charge is 0.352 e. The molecule has 1 unspecified atom stereocenters. The zero-order chi connectivity index (χ0) is 9.78. The number of alkyl halides is 1. The highest BCUT2D eigenvalue weighted by Gasteiger charge is 2.21. The van der Waals surface area contributed by atoms with E-state index in [4.69, 9.17) is 0 Å². The fourth-order valence-electron chi connectivity index (χ4n) is 0.569. The van der Waals surface area contributed by atoms with Gasteiger partial charge >= 0.3 is 0 Å². The fraction of sp³-hybridized carbons (Fsp3) is 0.667. The molecule has 0 bridgehead atoms. The molecule has 3 heteroatoms. The minimum Gasteiger partial charge on any atom is -0.352 e. The molecule has 0 aliphatic rings. The Morgan fingerprint density at radius 3 is 2.58 bits per heavy atom. The number of carbonyl (C=O) groups excluding carboxylic acids is 1. The lowest BCUT2D eigenvalue weighted by atomic mass is 9.98. The molecule has 70 valence electrons. The summed E-state index contributed by atoms with van der Waals surface area (Å²) in [5, 5.41) is 2.75. The lowest BCUT2D eigenvalue weighted by Gasteiger charge is -2.24. The SMILES string of the molecule is C=CC(=O)NCC(C)C(C)(C)Br. The molecule has 12 heavy (non-hydrogen) atoms. The third kappa shape index (κ3) is 4.54. The molecule has 1 N–H and O–H groups in total. The van der Waals surface area contributed by atoms with Gasteiger partial charge in [0.2, 0.25) is 5.91 Å². The molecule has 0 fully saturated rings. The van der Waals surface area contributed by atoms with E-state index in [-0.39, 0.29) is 10.2 Å². The lowest BCUT2D eigenvalue weighted by Crippen LogP contribution is -2.34. The van der Waals surface area contributed by atoms with Gasteiger partial charge in [-0.2, -0.15) is 0 Å². The topological polar surface area (TPSA) is 29.1 Å². The van der Waals surface area contributed by atoms with Gasteiger partial charge in [0.25, 0.3) is 0 Å². The van der Waals surface area contributed by atoms with Crippen LogP contribution in [0.1, 0.15) is 20.8 Å². The van der Waals surface area contributed by atoms with Crippen molar-refractivity contribution in [2.24, 2.45) is 5.92 Å². The summed E-state index contributed by atoms with van der Waals surface area (Å²) in [5.41, 5.74) is 0. The van der Waals surface area contributed by atoms with Crippen molar-refractivity contribution in [3.63, 3.8) is 0 Å². The Morgan fingerprint density at radius 1 is 1.75 bits per heavy atom. The Morgan fingerprint density at radius 2 is 2.25 bits per heavy atom. The minimum absolute atomic E-state index is 0.0570. The van der Waals surface area contributed by atoms with Crippen molar-refractivity contribution in [3.05, 3.63) is 12.7 Å². The number of carbonyl (C=O) groups is 1. The van der Waals surface area contributed by atoms with E-state index in [0.29, 0.717) is 12.5 Å². The number of hydrogen-bond acceptors (Lipinski definition) is 1. The normalized spacial score (nSPS) is 13.7. The second-order valence-electron chi connectivity index (χ2n) is 3.41. The second kappa shape index (κ2) is 4.65. The zero-order valence-electron chi connectivity index (χ0n) is 7.86. The molecule has 0 heterocycles. The van der Waals surface area contributed by atoms with Crippen LogP contribution in [0.15, 0.2) is 12.7 Å². The van der Waals surface area contributed by atoms with E-state index in [9.17, 15) is 4.79 Å². The van der Waals surface area contributed by atoms with Crippen LogP contribution >= 0.6 is 15.9 Å². The molecular formula is C9H16BrNO. The number of nitrogens with one attached hydrogen (secondary N) is 1. The van der Waals surface area contributed by atoms with Crippen molar-refractivity contribution in [1.29, 1.82) is 0 Å². The van der Waals surface area contributed by atoms with Crippen LogP contribution in [0.25, 0.3) is 0 Å². The summed E-state index contributed by atoms with van der Waals surface area (Å²) in [5.74, 6) is 0.278. The Labute approximate surface area is 82.5 Å². The highest BCUT2D eigenvalue weighted by atomic mass is 79.9. The number of rotatable bonds is 4. The van der Waals surface area contributed by atoms with Gasteiger partial charge in [0.05, 0.1) is 0 Å². The maximum Gasteiger partial charge on any atom is 0.243 e. The van der Waals surface area contributed by atoms with Crippen LogP contribution in [0.2, 0.25) is 0 Å². The van der Waals surface area contributed by atoms with Crippen molar-refractivity contribution in [1.82, 2.24) is 5.32 Å². The molecule has 0 rings (SSSR count). The molecule has 0 radical (unpaired) electrons. The van der Waals surface area contributed by atoms with Gasteiger partial charge in [-0.1, -0.05) is 29.4 Å². The van der Waals surface area contributed by atoms with Crippen molar-refractivity contribution >= 4 is 21.8 Å². The number of amides is 1. The van der Waals surface area contributed by atoms with E-state index in [1.807, 2.05) is 0 Å². The molecule has 2 nitrogen and oxygen atoms in total. The van der Waals surface area contributed by atoms with Crippen LogP contribution in [0.5, 0.6) is 0 Å². The van der Waals surface area contributed by atoms with Gasteiger partial charge in [0, 0.05) is 10.9 Å². The van der Waals surface area contributed by atoms with Crippen molar-refractivity contribution in [2.75, 3.05) is 6.54 Å². The Hall–Kier alpha value is -0.310. The molecule has 1 atom stereocenters. The summed E-state index contributed by atoms with van der Waals surface area (Å²) in [4.78, 5) is 10.8. The summed E-state index contributed by atoms with van der Waals surface area (Å²) in [7, 11) is 0. The van der Waals surface area contributed by atoms with Gasteiger partial charge in [-0.3, -0.25) is 4.79 Å². The maximum absolute atomic E-state index is 10.8. The molecular weight excluding hydrogens is 218 g/mol. The molecule has 1 amide bonds. The van der Waals surface area contributed by atoms with Crippen molar-refractivity contribution < 1.29 is 4.79 Å². The molecule has 0 aliphatic carbocycles. The molecule has 0 aromatic heterocycles. The van der Waals surface area contributed by atoms with Crippen molar-refractivity contribution in [2.45, 2.75) is 25.1 Å². The van der Waals surface area contributed by atoms with Gasteiger partial charge in [-0.05, 0) is 25.8 Å². The van der Waals surface area contributed by atoms with E-state index < -0.39 is 0 Å². The van der Waals surface area contributed by atoms with Gasteiger partial charge in [0.1, 0.15) is 0 Å².